The number of hydrogen-bond donors (Lipinski definition) is 2. The van der Waals surface area contributed by atoms with Gasteiger partial charge in [-0.2, -0.15) is 0 Å². The third kappa shape index (κ3) is 13.3. The lowest BCUT2D eigenvalue weighted by atomic mass is 10.3. The van der Waals surface area contributed by atoms with Gasteiger partial charge in [-0.05, 0) is 126 Å². The molecule has 4 heterocycles. The molecule has 6 rings (SSSR count). The van der Waals surface area contributed by atoms with Gasteiger partial charge < -0.3 is 20.5 Å². The molecule has 0 saturated carbocycles. The van der Waals surface area contributed by atoms with Gasteiger partial charge in [0.2, 0.25) is 11.2 Å². The molecule has 2 aliphatic heterocycles. The van der Waals surface area contributed by atoms with E-state index in [1.807, 2.05) is 62.4 Å². The van der Waals surface area contributed by atoms with Gasteiger partial charge in [0, 0.05) is 48.0 Å². The average Bonchev–Trinajstić information content (AvgIpc) is 3.79. The highest BCUT2D eigenvalue weighted by Gasteiger charge is 2.11. The van der Waals surface area contributed by atoms with Crippen LogP contribution in [0.5, 0.6) is 11.5 Å². The lowest BCUT2D eigenvalue weighted by Crippen LogP contribution is -2.25. The predicted molar refractivity (Wildman–Crippen MR) is 191 cm³/mol. The molecule has 13 heteroatoms. The largest absolute Gasteiger partial charge is 0.492 e. The fraction of sp³-hybridized carbons (Fsp3) is 0.412. The molecule has 0 bridgehead atoms. The zero-order chi connectivity index (χ0) is 33.4. The molecular formula is C34H43Cl3N8O2. The van der Waals surface area contributed by atoms with E-state index in [4.69, 9.17) is 50.0 Å². The molecule has 2 fully saturated rings. The number of anilines is 3. The lowest BCUT2D eigenvalue weighted by Gasteiger charge is -2.15. The first-order chi connectivity index (χ1) is 22.7. The predicted octanol–water partition coefficient (Wildman–Crippen LogP) is 7.49. The van der Waals surface area contributed by atoms with Crippen LogP contribution in [-0.2, 0) is 0 Å². The van der Waals surface area contributed by atoms with E-state index in [0.29, 0.717) is 16.3 Å². The van der Waals surface area contributed by atoms with Crippen molar-refractivity contribution in [1.29, 1.82) is 0 Å². The van der Waals surface area contributed by atoms with Crippen LogP contribution < -0.4 is 20.5 Å². The lowest BCUT2D eigenvalue weighted by molar-refractivity contribution is 0.237. The quantitative estimate of drug-likeness (QED) is 0.0979. The number of nitrogens with zero attached hydrogens (tertiary/aromatic N) is 6. The summed E-state index contributed by atoms with van der Waals surface area (Å²) in [5.41, 5.74) is 8.96. The van der Waals surface area contributed by atoms with Crippen LogP contribution in [0.1, 0.15) is 36.8 Å². The second-order valence-corrected chi connectivity index (χ2v) is 12.3. The zero-order valence-corrected chi connectivity index (χ0v) is 29.2. The number of hydrogen-bond acceptors (Lipinski definition) is 10. The molecular weight excluding hydrogens is 659 g/mol. The summed E-state index contributed by atoms with van der Waals surface area (Å²) in [6, 6.07) is 15.4. The Balaban J connectivity index is 0.000000178. The van der Waals surface area contributed by atoms with Crippen molar-refractivity contribution in [3.63, 3.8) is 0 Å². The van der Waals surface area contributed by atoms with Crippen molar-refractivity contribution in [1.82, 2.24) is 29.7 Å². The molecule has 47 heavy (non-hydrogen) atoms. The van der Waals surface area contributed by atoms with Crippen molar-refractivity contribution in [2.75, 3.05) is 63.5 Å². The van der Waals surface area contributed by atoms with Crippen molar-refractivity contribution in [2.24, 2.45) is 0 Å². The Hall–Kier alpha value is -3.41. The SMILES string of the molecule is Cc1cnc(Cl)nc1Cl.Cc1cnc(Nc2ccc(OCCN3CCCC3)cc2)nc1Cl.Nc1ccc(OCCN2CCCC2)cc1. The van der Waals surface area contributed by atoms with E-state index in [9.17, 15) is 0 Å². The summed E-state index contributed by atoms with van der Waals surface area (Å²) in [4.78, 5) is 20.7. The molecule has 0 aliphatic carbocycles. The van der Waals surface area contributed by atoms with E-state index in [0.717, 1.165) is 60.3 Å². The molecule has 2 aromatic carbocycles. The number of aromatic nitrogens is 4. The maximum Gasteiger partial charge on any atom is 0.228 e. The summed E-state index contributed by atoms with van der Waals surface area (Å²) in [5.74, 6) is 2.27. The summed E-state index contributed by atoms with van der Waals surface area (Å²) in [6.07, 6.45) is 8.58. The normalized spacial score (nSPS) is 14.5. The number of nitrogen functional groups attached to an aromatic ring is 1. The van der Waals surface area contributed by atoms with Gasteiger partial charge in [0.25, 0.3) is 0 Å². The molecule has 0 amide bonds. The van der Waals surface area contributed by atoms with Gasteiger partial charge in [-0.1, -0.05) is 23.2 Å². The van der Waals surface area contributed by atoms with Crippen LogP contribution in [0.4, 0.5) is 17.3 Å². The monoisotopic (exact) mass is 700 g/mol. The molecule has 3 N–H and O–H groups in total. The van der Waals surface area contributed by atoms with Gasteiger partial charge in [0.15, 0.2) is 0 Å². The molecule has 4 aromatic rings. The van der Waals surface area contributed by atoms with Crippen LogP contribution in [0, 0.1) is 13.8 Å². The van der Waals surface area contributed by atoms with Gasteiger partial charge in [0.1, 0.15) is 35.0 Å². The second-order valence-electron chi connectivity index (χ2n) is 11.3. The van der Waals surface area contributed by atoms with E-state index >= 15 is 0 Å². The number of benzene rings is 2. The van der Waals surface area contributed by atoms with E-state index < -0.39 is 0 Å². The second kappa shape index (κ2) is 19.4. The van der Waals surface area contributed by atoms with Crippen molar-refractivity contribution in [3.05, 3.63) is 87.6 Å². The number of halogens is 3. The number of rotatable bonds is 10. The van der Waals surface area contributed by atoms with E-state index in [1.54, 1.807) is 12.4 Å². The molecule has 2 saturated heterocycles. The van der Waals surface area contributed by atoms with Crippen LogP contribution in [-0.4, -0.2) is 82.2 Å². The van der Waals surface area contributed by atoms with Crippen molar-refractivity contribution >= 4 is 52.1 Å². The Morgan fingerprint density at radius 1 is 0.681 bits per heavy atom. The van der Waals surface area contributed by atoms with Gasteiger partial charge >= 0.3 is 0 Å². The zero-order valence-electron chi connectivity index (χ0n) is 27.0. The molecule has 0 atom stereocenters. The fourth-order valence-electron chi connectivity index (χ4n) is 4.81. The summed E-state index contributed by atoms with van der Waals surface area (Å²) < 4.78 is 11.4. The summed E-state index contributed by atoms with van der Waals surface area (Å²) >= 11 is 17.0. The van der Waals surface area contributed by atoms with Crippen LogP contribution in [0.2, 0.25) is 15.6 Å². The fourth-order valence-corrected chi connectivity index (χ4v) is 5.24. The minimum Gasteiger partial charge on any atom is -0.492 e. The Morgan fingerprint density at radius 2 is 1.15 bits per heavy atom. The molecule has 10 nitrogen and oxygen atoms in total. The number of likely N-dealkylation sites (tertiary alicyclic amines) is 2. The first kappa shape index (κ1) is 36.4. The third-order valence-corrected chi connectivity index (χ3v) is 8.48. The van der Waals surface area contributed by atoms with Crippen LogP contribution in [0.3, 0.4) is 0 Å². The standard InChI is InChI=1S/C17H21ClN4O.C12H18N2O.C5H4Cl2N2/c1-13-12-19-17(21-16(13)18)20-14-4-6-15(7-5-14)23-11-10-22-8-2-3-9-22;13-11-3-5-12(6-4-11)15-10-9-14-7-1-2-8-14;1-3-2-8-5(7)9-4(3)6/h4-7,12H,2-3,8-11H2,1H3,(H,19,20,21);3-6H,1-2,7-10,13H2;2H,1H3. The van der Waals surface area contributed by atoms with Gasteiger partial charge in [-0.3, -0.25) is 9.80 Å². The number of nitrogens with one attached hydrogen (secondary N) is 1. The summed E-state index contributed by atoms with van der Waals surface area (Å²) in [6.45, 7) is 12.1. The van der Waals surface area contributed by atoms with Crippen molar-refractivity contribution in [2.45, 2.75) is 39.5 Å². The van der Waals surface area contributed by atoms with E-state index in [-0.39, 0.29) is 5.28 Å². The number of aryl methyl sites for hydroxylation is 2. The highest BCUT2D eigenvalue weighted by atomic mass is 35.5. The molecule has 0 spiro atoms. The maximum absolute atomic E-state index is 6.00. The van der Waals surface area contributed by atoms with Gasteiger partial charge in [0.05, 0.1) is 0 Å². The smallest absolute Gasteiger partial charge is 0.228 e. The molecule has 2 aromatic heterocycles. The van der Waals surface area contributed by atoms with Crippen molar-refractivity contribution < 1.29 is 9.47 Å². The van der Waals surface area contributed by atoms with Gasteiger partial charge in [-0.15, -0.1) is 0 Å². The molecule has 252 valence electrons. The van der Waals surface area contributed by atoms with Crippen LogP contribution in [0.15, 0.2) is 60.9 Å². The topological polar surface area (TPSA) is 115 Å². The van der Waals surface area contributed by atoms with Gasteiger partial charge in [-0.25, -0.2) is 19.9 Å². The van der Waals surface area contributed by atoms with E-state index in [1.165, 1.54) is 51.9 Å². The first-order valence-corrected chi connectivity index (χ1v) is 17.0. The summed E-state index contributed by atoms with van der Waals surface area (Å²) in [5, 5.41) is 4.19. The Kier molecular flexibility index (Phi) is 15.1. The minimum absolute atomic E-state index is 0.186. The minimum atomic E-state index is 0.186. The highest BCUT2D eigenvalue weighted by Crippen LogP contribution is 2.20. The first-order valence-electron chi connectivity index (χ1n) is 15.8. The van der Waals surface area contributed by atoms with Crippen LogP contribution in [0.25, 0.3) is 0 Å². The Morgan fingerprint density at radius 3 is 1.62 bits per heavy atom. The number of nitrogens with two attached hydrogens (primary N) is 1. The third-order valence-electron chi connectivity index (χ3n) is 7.53. The summed E-state index contributed by atoms with van der Waals surface area (Å²) in [7, 11) is 0. The molecule has 2 aliphatic rings. The Bertz CT molecular complexity index is 1500. The van der Waals surface area contributed by atoms with Crippen LogP contribution >= 0.6 is 34.8 Å². The molecule has 0 unspecified atom stereocenters. The molecule has 0 radical (unpaired) electrons. The Labute approximate surface area is 292 Å². The average molecular weight is 702 g/mol. The maximum atomic E-state index is 6.00. The highest BCUT2D eigenvalue weighted by molar-refractivity contribution is 6.32. The van der Waals surface area contributed by atoms with Crippen molar-refractivity contribution in [3.8, 4) is 11.5 Å². The van der Waals surface area contributed by atoms with E-state index in [2.05, 4.69) is 35.1 Å². The number of ether oxygens (including phenoxy) is 2.